The summed E-state index contributed by atoms with van der Waals surface area (Å²) in [5.74, 6) is 4.97. The summed E-state index contributed by atoms with van der Waals surface area (Å²) in [5, 5.41) is 15.2. The molecule has 114 valence electrons. The van der Waals surface area contributed by atoms with Crippen molar-refractivity contribution in [3.8, 4) is 0 Å². The lowest BCUT2D eigenvalue weighted by Crippen LogP contribution is -2.12. The topological polar surface area (TPSA) is 70.1 Å². The number of rotatable bonds is 9. The van der Waals surface area contributed by atoms with Crippen molar-refractivity contribution in [2.45, 2.75) is 33.1 Å². The van der Waals surface area contributed by atoms with Gasteiger partial charge in [0.2, 0.25) is 0 Å². The van der Waals surface area contributed by atoms with Crippen LogP contribution < -0.4 is 10.6 Å². The highest BCUT2D eigenvalue weighted by Crippen LogP contribution is 2.22. The number of nitrogens with zero attached hydrogens (tertiary/aromatic N) is 2. The van der Waals surface area contributed by atoms with Crippen LogP contribution >= 0.6 is 11.8 Å². The van der Waals surface area contributed by atoms with Crippen LogP contribution in [0.25, 0.3) is 0 Å². The van der Waals surface area contributed by atoms with E-state index in [0.29, 0.717) is 5.92 Å². The van der Waals surface area contributed by atoms with Crippen molar-refractivity contribution in [1.82, 2.24) is 9.97 Å². The summed E-state index contributed by atoms with van der Waals surface area (Å²) in [5.41, 5.74) is 1.05. The average Bonchev–Trinajstić information content (AvgIpc) is 2.44. The van der Waals surface area contributed by atoms with Crippen molar-refractivity contribution in [3.05, 3.63) is 11.4 Å². The molecule has 1 heterocycles. The molecule has 0 saturated heterocycles. The molecule has 0 spiro atoms. The summed E-state index contributed by atoms with van der Waals surface area (Å²) in [6, 6.07) is 0. The van der Waals surface area contributed by atoms with Crippen LogP contribution in [0, 0.1) is 6.92 Å². The van der Waals surface area contributed by atoms with E-state index >= 15 is 0 Å². The molecule has 0 unspecified atom stereocenters. The molecular weight excluding hydrogens is 272 g/mol. The SMILES string of the molecule is CNc1nc(C(C)C)nc(NCCSCCCO)c1C. The molecular formula is C14H26N4OS. The largest absolute Gasteiger partial charge is 0.396 e. The monoisotopic (exact) mass is 298 g/mol. The van der Waals surface area contributed by atoms with E-state index in [1.807, 2.05) is 25.7 Å². The second-order valence-electron chi connectivity index (χ2n) is 4.93. The highest BCUT2D eigenvalue weighted by atomic mass is 32.2. The first-order chi connectivity index (χ1) is 9.60. The van der Waals surface area contributed by atoms with Gasteiger partial charge in [-0.2, -0.15) is 11.8 Å². The zero-order valence-corrected chi connectivity index (χ0v) is 13.7. The Kier molecular flexibility index (Phi) is 7.69. The fourth-order valence-electron chi connectivity index (χ4n) is 1.72. The third-order valence-electron chi connectivity index (χ3n) is 2.90. The van der Waals surface area contributed by atoms with Crippen molar-refractivity contribution in [1.29, 1.82) is 0 Å². The second-order valence-corrected chi connectivity index (χ2v) is 6.15. The first-order valence-corrected chi connectivity index (χ1v) is 8.24. The van der Waals surface area contributed by atoms with Crippen LogP contribution in [0.3, 0.4) is 0 Å². The Morgan fingerprint density at radius 2 is 1.90 bits per heavy atom. The fraction of sp³-hybridized carbons (Fsp3) is 0.714. The van der Waals surface area contributed by atoms with Gasteiger partial charge in [0.25, 0.3) is 0 Å². The van der Waals surface area contributed by atoms with Crippen molar-refractivity contribution >= 4 is 23.4 Å². The smallest absolute Gasteiger partial charge is 0.135 e. The highest BCUT2D eigenvalue weighted by Gasteiger charge is 2.11. The molecule has 5 nitrogen and oxygen atoms in total. The van der Waals surface area contributed by atoms with Gasteiger partial charge < -0.3 is 15.7 Å². The molecule has 0 saturated carbocycles. The third-order valence-corrected chi connectivity index (χ3v) is 3.97. The molecule has 0 radical (unpaired) electrons. The lowest BCUT2D eigenvalue weighted by molar-refractivity contribution is 0.296. The number of anilines is 2. The molecule has 3 N–H and O–H groups in total. The third kappa shape index (κ3) is 5.17. The Labute approximate surface area is 126 Å². The molecule has 1 aromatic heterocycles. The quantitative estimate of drug-likeness (QED) is 0.609. The molecule has 6 heteroatoms. The number of hydrogen-bond acceptors (Lipinski definition) is 6. The Bertz CT molecular complexity index is 412. The Morgan fingerprint density at radius 3 is 2.50 bits per heavy atom. The van der Waals surface area contributed by atoms with Crippen LogP contribution in [0.2, 0.25) is 0 Å². The van der Waals surface area contributed by atoms with Gasteiger partial charge in [-0.15, -0.1) is 0 Å². The van der Waals surface area contributed by atoms with E-state index in [1.54, 1.807) is 0 Å². The molecule has 0 atom stereocenters. The number of aromatic nitrogens is 2. The van der Waals surface area contributed by atoms with Gasteiger partial charge in [-0.25, -0.2) is 9.97 Å². The molecule has 0 aromatic carbocycles. The van der Waals surface area contributed by atoms with Crippen LogP contribution in [0.4, 0.5) is 11.6 Å². The van der Waals surface area contributed by atoms with Gasteiger partial charge in [-0.05, 0) is 19.1 Å². The van der Waals surface area contributed by atoms with Crippen LogP contribution in [-0.2, 0) is 0 Å². The summed E-state index contributed by atoms with van der Waals surface area (Å²) < 4.78 is 0. The Hall–Kier alpha value is -1.01. The Balaban J connectivity index is 2.61. The predicted molar refractivity (Wildman–Crippen MR) is 87.9 cm³/mol. The molecule has 1 aromatic rings. The minimum atomic E-state index is 0.273. The minimum absolute atomic E-state index is 0.273. The van der Waals surface area contributed by atoms with Crippen LogP contribution in [0.1, 0.15) is 37.6 Å². The van der Waals surface area contributed by atoms with Gasteiger partial charge in [0.05, 0.1) is 0 Å². The summed E-state index contributed by atoms with van der Waals surface area (Å²) in [6.45, 7) is 7.36. The maximum absolute atomic E-state index is 8.72. The standard InChI is InChI=1S/C14H26N4OS/c1-10(2)12-17-13(15-4)11(3)14(18-12)16-6-9-20-8-5-7-19/h10,19H,5-9H2,1-4H3,(H2,15,16,17,18). The summed E-state index contributed by atoms with van der Waals surface area (Å²) in [6.07, 6.45) is 0.860. The first kappa shape index (κ1) is 17.0. The van der Waals surface area contributed by atoms with Crippen LogP contribution in [0.5, 0.6) is 0 Å². The maximum atomic E-state index is 8.72. The summed E-state index contributed by atoms with van der Waals surface area (Å²) >= 11 is 1.84. The number of hydrogen-bond donors (Lipinski definition) is 3. The molecule has 1 rings (SSSR count). The van der Waals surface area contributed by atoms with Crippen molar-refractivity contribution < 1.29 is 5.11 Å². The molecule has 20 heavy (non-hydrogen) atoms. The maximum Gasteiger partial charge on any atom is 0.135 e. The predicted octanol–water partition coefficient (Wildman–Crippen LogP) is 2.48. The van der Waals surface area contributed by atoms with E-state index in [0.717, 1.165) is 47.5 Å². The first-order valence-electron chi connectivity index (χ1n) is 7.08. The second kappa shape index (κ2) is 9.02. The van der Waals surface area contributed by atoms with Crippen molar-refractivity contribution in [2.24, 2.45) is 0 Å². The van der Waals surface area contributed by atoms with E-state index in [9.17, 15) is 0 Å². The van der Waals surface area contributed by atoms with Gasteiger partial charge >= 0.3 is 0 Å². The lowest BCUT2D eigenvalue weighted by Gasteiger charge is -2.15. The van der Waals surface area contributed by atoms with E-state index in [-0.39, 0.29) is 6.61 Å². The zero-order chi connectivity index (χ0) is 15.0. The van der Waals surface area contributed by atoms with Gasteiger partial charge in [0.15, 0.2) is 0 Å². The van der Waals surface area contributed by atoms with Gasteiger partial charge in [0.1, 0.15) is 17.5 Å². The molecule has 0 fully saturated rings. The minimum Gasteiger partial charge on any atom is -0.396 e. The molecule has 0 aliphatic rings. The van der Waals surface area contributed by atoms with E-state index in [2.05, 4.69) is 34.4 Å². The van der Waals surface area contributed by atoms with Crippen LogP contribution in [0.15, 0.2) is 0 Å². The van der Waals surface area contributed by atoms with E-state index < -0.39 is 0 Å². The van der Waals surface area contributed by atoms with Crippen molar-refractivity contribution in [3.63, 3.8) is 0 Å². The molecule has 0 bridgehead atoms. The van der Waals surface area contributed by atoms with Gasteiger partial charge in [-0.3, -0.25) is 0 Å². The number of thioether (sulfide) groups is 1. The zero-order valence-electron chi connectivity index (χ0n) is 12.9. The number of aliphatic hydroxyl groups is 1. The molecule has 0 amide bonds. The number of nitrogens with one attached hydrogen (secondary N) is 2. The molecule has 0 aliphatic heterocycles. The normalized spacial score (nSPS) is 10.9. The lowest BCUT2D eigenvalue weighted by atomic mass is 10.2. The van der Waals surface area contributed by atoms with Crippen molar-refractivity contribution in [2.75, 3.05) is 42.3 Å². The van der Waals surface area contributed by atoms with E-state index in [4.69, 9.17) is 5.11 Å². The van der Waals surface area contributed by atoms with Crippen LogP contribution in [-0.4, -0.2) is 46.8 Å². The highest BCUT2D eigenvalue weighted by molar-refractivity contribution is 7.99. The fourth-order valence-corrected chi connectivity index (χ4v) is 2.50. The number of aliphatic hydroxyl groups excluding tert-OH is 1. The summed E-state index contributed by atoms with van der Waals surface area (Å²) in [7, 11) is 1.88. The van der Waals surface area contributed by atoms with Gasteiger partial charge in [-0.1, -0.05) is 13.8 Å². The Morgan fingerprint density at radius 1 is 1.20 bits per heavy atom. The average molecular weight is 298 g/mol. The van der Waals surface area contributed by atoms with E-state index in [1.165, 1.54) is 0 Å². The summed E-state index contributed by atoms with van der Waals surface area (Å²) in [4.78, 5) is 9.13. The van der Waals surface area contributed by atoms with Gasteiger partial charge in [0, 0.05) is 37.4 Å². The molecule has 0 aliphatic carbocycles.